The van der Waals surface area contributed by atoms with Crippen LogP contribution in [0.5, 0.6) is 0 Å². The minimum absolute atomic E-state index is 0.838. The highest BCUT2D eigenvalue weighted by molar-refractivity contribution is 9.10. The van der Waals surface area contributed by atoms with Gasteiger partial charge in [0.2, 0.25) is 0 Å². The second-order valence-corrected chi connectivity index (χ2v) is 5.20. The van der Waals surface area contributed by atoms with Gasteiger partial charge in [-0.1, -0.05) is 0 Å². The van der Waals surface area contributed by atoms with Crippen LogP contribution in [0.1, 0.15) is 10.6 Å². The van der Waals surface area contributed by atoms with Crippen molar-refractivity contribution in [1.82, 2.24) is 10.3 Å². The number of hydrogen-bond donors (Lipinski definition) is 1. The van der Waals surface area contributed by atoms with Crippen molar-refractivity contribution in [2.45, 2.75) is 13.5 Å². The van der Waals surface area contributed by atoms with Crippen molar-refractivity contribution >= 4 is 37.5 Å². The van der Waals surface area contributed by atoms with Crippen LogP contribution in [-0.2, 0) is 6.54 Å². The fourth-order valence-electron chi connectivity index (χ4n) is 1.39. The Kier molecular flexibility index (Phi) is 2.85. The van der Waals surface area contributed by atoms with E-state index in [0.29, 0.717) is 0 Å². The highest BCUT2D eigenvalue weighted by atomic mass is 79.9. The SMILES string of the molecule is CNCc1nc2c(Br)cc(C)cc2s1. The Hall–Kier alpha value is -0.450. The van der Waals surface area contributed by atoms with E-state index < -0.39 is 0 Å². The number of fused-ring (bicyclic) bond motifs is 1. The minimum Gasteiger partial charge on any atom is -0.314 e. The van der Waals surface area contributed by atoms with Crippen molar-refractivity contribution in [3.8, 4) is 0 Å². The van der Waals surface area contributed by atoms with Crippen molar-refractivity contribution in [1.29, 1.82) is 0 Å². The lowest BCUT2D eigenvalue weighted by Crippen LogP contribution is -2.03. The molecule has 14 heavy (non-hydrogen) atoms. The lowest BCUT2D eigenvalue weighted by atomic mass is 10.2. The maximum Gasteiger partial charge on any atom is 0.108 e. The number of halogens is 1. The lowest BCUT2D eigenvalue weighted by molar-refractivity contribution is 0.812. The number of thiazole rings is 1. The van der Waals surface area contributed by atoms with Crippen LogP contribution in [-0.4, -0.2) is 12.0 Å². The second-order valence-electron chi connectivity index (χ2n) is 3.23. The molecule has 0 aliphatic rings. The van der Waals surface area contributed by atoms with Crippen LogP contribution < -0.4 is 5.32 Å². The van der Waals surface area contributed by atoms with Gasteiger partial charge in [-0.05, 0) is 47.6 Å². The maximum absolute atomic E-state index is 4.55. The third kappa shape index (κ3) is 1.82. The Labute approximate surface area is 95.5 Å². The van der Waals surface area contributed by atoms with Gasteiger partial charge in [0.05, 0.1) is 10.2 Å². The van der Waals surface area contributed by atoms with Crippen molar-refractivity contribution < 1.29 is 0 Å². The summed E-state index contributed by atoms with van der Waals surface area (Å²) in [6, 6.07) is 4.28. The molecule has 2 aromatic rings. The molecule has 0 saturated carbocycles. The molecule has 0 aliphatic carbocycles. The number of hydrogen-bond acceptors (Lipinski definition) is 3. The molecule has 0 spiro atoms. The molecule has 0 bridgehead atoms. The average Bonchev–Trinajstić information content (AvgIpc) is 2.48. The fourth-order valence-corrected chi connectivity index (χ4v) is 3.29. The number of nitrogens with zero attached hydrogens (tertiary/aromatic N) is 1. The lowest BCUT2D eigenvalue weighted by Gasteiger charge is -1.94. The zero-order chi connectivity index (χ0) is 10.1. The summed E-state index contributed by atoms with van der Waals surface area (Å²) in [5.74, 6) is 0. The van der Waals surface area contributed by atoms with E-state index in [1.54, 1.807) is 11.3 Å². The number of nitrogens with one attached hydrogen (secondary N) is 1. The molecule has 2 rings (SSSR count). The van der Waals surface area contributed by atoms with E-state index >= 15 is 0 Å². The first-order valence-corrected chi connectivity index (χ1v) is 6.02. The first kappa shape index (κ1) is 10.1. The maximum atomic E-state index is 4.55. The van der Waals surface area contributed by atoms with Crippen LogP contribution in [0.15, 0.2) is 16.6 Å². The van der Waals surface area contributed by atoms with Gasteiger partial charge in [0.15, 0.2) is 0 Å². The van der Waals surface area contributed by atoms with Crippen LogP contribution in [0.2, 0.25) is 0 Å². The number of aromatic nitrogens is 1. The summed E-state index contributed by atoms with van der Waals surface area (Å²) in [4.78, 5) is 4.55. The molecule has 0 amide bonds. The predicted molar refractivity (Wildman–Crippen MR) is 64.8 cm³/mol. The molecule has 1 heterocycles. The summed E-state index contributed by atoms with van der Waals surface area (Å²) < 4.78 is 2.34. The molecule has 0 fully saturated rings. The van der Waals surface area contributed by atoms with Gasteiger partial charge in [0.1, 0.15) is 5.01 Å². The average molecular weight is 271 g/mol. The van der Waals surface area contributed by atoms with Crippen LogP contribution in [0.4, 0.5) is 0 Å². The predicted octanol–water partition coefficient (Wildman–Crippen LogP) is 3.09. The molecule has 0 aliphatic heterocycles. The first-order valence-electron chi connectivity index (χ1n) is 4.41. The van der Waals surface area contributed by atoms with Crippen molar-refractivity contribution in [2.24, 2.45) is 0 Å². The molecule has 1 N–H and O–H groups in total. The van der Waals surface area contributed by atoms with Gasteiger partial charge in [0, 0.05) is 11.0 Å². The molecule has 4 heteroatoms. The van der Waals surface area contributed by atoms with Crippen LogP contribution in [0, 0.1) is 6.92 Å². The Morgan fingerprint density at radius 2 is 2.29 bits per heavy atom. The third-order valence-corrected chi connectivity index (χ3v) is 3.57. The van der Waals surface area contributed by atoms with E-state index in [2.05, 4.69) is 45.3 Å². The monoisotopic (exact) mass is 270 g/mol. The van der Waals surface area contributed by atoms with E-state index in [-0.39, 0.29) is 0 Å². The summed E-state index contributed by atoms with van der Waals surface area (Å²) in [6.07, 6.45) is 0. The standard InChI is InChI=1S/C10H11BrN2S/c1-6-3-7(11)10-8(4-6)14-9(13-10)5-12-2/h3-4,12H,5H2,1-2H3. The minimum atomic E-state index is 0.838. The number of aryl methyl sites for hydroxylation is 1. The quantitative estimate of drug-likeness (QED) is 0.907. The van der Waals surface area contributed by atoms with Gasteiger partial charge in [-0.15, -0.1) is 11.3 Å². The van der Waals surface area contributed by atoms with Crippen molar-refractivity contribution in [3.05, 3.63) is 27.2 Å². The highest BCUT2D eigenvalue weighted by Crippen LogP contribution is 2.29. The first-order chi connectivity index (χ1) is 6.70. The topological polar surface area (TPSA) is 24.9 Å². The molecular weight excluding hydrogens is 260 g/mol. The van der Waals surface area contributed by atoms with Crippen molar-refractivity contribution in [2.75, 3.05) is 7.05 Å². The van der Waals surface area contributed by atoms with E-state index in [1.807, 2.05) is 7.05 Å². The van der Waals surface area contributed by atoms with Gasteiger partial charge >= 0.3 is 0 Å². The van der Waals surface area contributed by atoms with E-state index in [9.17, 15) is 0 Å². The summed E-state index contributed by atoms with van der Waals surface area (Å²) in [5, 5.41) is 4.24. The molecule has 0 unspecified atom stereocenters. The summed E-state index contributed by atoms with van der Waals surface area (Å²) in [5.41, 5.74) is 2.34. The Morgan fingerprint density at radius 1 is 1.50 bits per heavy atom. The fraction of sp³-hybridized carbons (Fsp3) is 0.300. The van der Waals surface area contributed by atoms with Crippen molar-refractivity contribution in [3.63, 3.8) is 0 Å². The molecule has 0 radical (unpaired) electrons. The molecule has 1 aromatic heterocycles. The summed E-state index contributed by atoms with van der Waals surface area (Å²) in [7, 11) is 1.94. The van der Waals surface area contributed by atoms with Gasteiger partial charge in [-0.25, -0.2) is 4.98 Å². The zero-order valence-corrected chi connectivity index (χ0v) is 10.5. The zero-order valence-electron chi connectivity index (χ0n) is 8.10. The molecule has 2 nitrogen and oxygen atoms in total. The smallest absolute Gasteiger partial charge is 0.108 e. The normalized spacial score (nSPS) is 11.1. The molecule has 0 atom stereocenters. The van der Waals surface area contributed by atoms with Gasteiger partial charge in [-0.3, -0.25) is 0 Å². The summed E-state index contributed by atoms with van der Waals surface area (Å²) >= 11 is 5.28. The third-order valence-electron chi connectivity index (χ3n) is 1.97. The molecule has 1 aromatic carbocycles. The summed E-state index contributed by atoms with van der Waals surface area (Å²) in [6.45, 7) is 2.94. The van der Waals surface area contributed by atoms with Crippen LogP contribution in [0.25, 0.3) is 10.2 Å². The largest absolute Gasteiger partial charge is 0.314 e. The molecular formula is C10H11BrN2S. The Balaban J connectivity index is 2.58. The number of benzene rings is 1. The van der Waals surface area contributed by atoms with Gasteiger partial charge < -0.3 is 5.32 Å². The van der Waals surface area contributed by atoms with Crippen LogP contribution >= 0.6 is 27.3 Å². The molecule has 74 valence electrons. The van der Waals surface area contributed by atoms with E-state index in [4.69, 9.17) is 0 Å². The Morgan fingerprint density at radius 3 is 3.00 bits per heavy atom. The van der Waals surface area contributed by atoms with E-state index in [1.165, 1.54) is 10.3 Å². The second kappa shape index (κ2) is 3.96. The van der Waals surface area contributed by atoms with Gasteiger partial charge in [-0.2, -0.15) is 0 Å². The van der Waals surface area contributed by atoms with Crippen LogP contribution in [0.3, 0.4) is 0 Å². The highest BCUT2D eigenvalue weighted by Gasteiger charge is 2.06. The number of rotatable bonds is 2. The van der Waals surface area contributed by atoms with Gasteiger partial charge in [0.25, 0.3) is 0 Å². The Bertz CT molecular complexity index is 464. The molecule has 0 saturated heterocycles. The van der Waals surface area contributed by atoms with E-state index in [0.717, 1.165) is 21.5 Å².